The van der Waals surface area contributed by atoms with Crippen molar-refractivity contribution in [1.82, 2.24) is 4.57 Å². The first kappa shape index (κ1) is 11.3. The van der Waals surface area contributed by atoms with Crippen LogP contribution in [0.25, 0.3) is 11.1 Å². The number of nitrogens with zero attached hydrogens (tertiary/aromatic N) is 1. The van der Waals surface area contributed by atoms with Gasteiger partial charge in [-0.1, -0.05) is 15.9 Å². The maximum absolute atomic E-state index is 13.3. The van der Waals surface area contributed by atoms with E-state index in [2.05, 4.69) is 20.3 Å². The van der Waals surface area contributed by atoms with E-state index >= 15 is 0 Å². The molecule has 0 amide bonds. The molecule has 86 valence electrons. The summed E-state index contributed by atoms with van der Waals surface area (Å²) < 4.78 is 43.3. The van der Waals surface area contributed by atoms with Crippen LogP contribution in [-0.4, -0.2) is 11.0 Å². The van der Waals surface area contributed by atoms with E-state index in [1.54, 1.807) is 0 Å². The van der Waals surface area contributed by atoms with Crippen LogP contribution in [0.4, 0.5) is 13.2 Å². The number of oxazole rings is 1. The van der Waals surface area contributed by atoms with E-state index < -0.39 is 24.5 Å². The average Bonchev–Trinajstić information content (AvgIpc) is 2.45. The predicted molar refractivity (Wildman–Crippen MR) is 54.1 cm³/mol. The van der Waals surface area contributed by atoms with Crippen LogP contribution in [0.1, 0.15) is 0 Å². The molecule has 16 heavy (non-hydrogen) atoms. The molecule has 0 saturated heterocycles. The number of halogens is 4. The van der Waals surface area contributed by atoms with Crippen molar-refractivity contribution < 1.29 is 17.6 Å². The summed E-state index contributed by atoms with van der Waals surface area (Å²) in [4.78, 5) is 11.2. The number of hydrogen-bond donors (Lipinski definition) is 0. The van der Waals surface area contributed by atoms with Crippen LogP contribution in [0.3, 0.4) is 0 Å². The minimum Gasteiger partial charge on any atom is -0.405 e. The molecule has 1 heterocycles. The lowest BCUT2D eigenvalue weighted by molar-refractivity contribution is 0.125. The third-order valence-corrected chi connectivity index (χ3v) is 2.47. The van der Waals surface area contributed by atoms with Crippen LogP contribution in [0.5, 0.6) is 0 Å². The normalized spacial score (nSPS) is 11.6. The third-order valence-electron chi connectivity index (χ3n) is 2.01. The van der Waals surface area contributed by atoms with Crippen molar-refractivity contribution in [3.8, 4) is 0 Å². The fourth-order valence-electron chi connectivity index (χ4n) is 1.40. The topological polar surface area (TPSA) is 35.1 Å². The van der Waals surface area contributed by atoms with Crippen LogP contribution in [-0.2, 0) is 6.54 Å². The molecule has 0 aliphatic heterocycles. The van der Waals surface area contributed by atoms with Gasteiger partial charge in [-0.15, -0.1) is 0 Å². The number of alkyl halides is 2. The highest BCUT2D eigenvalue weighted by Crippen LogP contribution is 2.22. The van der Waals surface area contributed by atoms with E-state index in [0.29, 0.717) is 9.04 Å². The first-order valence-electron chi connectivity index (χ1n) is 4.25. The standard InChI is InChI=1S/C9H5BrF3NO2/c10-4-1-5(11)8-6(2-4)14(3-7(12)13)9(15)16-8/h1-2,7H,3H2. The minimum absolute atomic E-state index is 0.0113. The number of hydrogen-bond acceptors (Lipinski definition) is 2. The van der Waals surface area contributed by atoms with Gasteiger partial charge in [0.1, 0.15) is 0 Å². The molecule has 0 aliphatic rings. The molecule has 0 saturated carbocycles. The van der Waals surface area contributed by atoms with Gasteiger partial charge < -0.3 is 4.42 Å². The zero-order chi connectivity index (χ0) is 11.9. The van der Waals surface area contributed by atoms with Gasteiger partial charge in [-0.3, -0.25) is 4.57 Å². The number of benzene rings is 1. The second-order valence-corrected chi connectivity index (χ2v) is 4.02. The number of fused-ring (bicyclic) bond motifs is 1. The minimum atomic E-state index is -2.71. The fourth-order valence-corrected chi connectivity index (χ4v) is 1.82. The quantitative estimate of drug-likeness (QED) is 0.854. The van der Waals surface area contributed by atoms with Gasteiger partial charge in [0, 0.05) is 4.47 Å². The lowest BCUT2D eigenvalue weighted by Gasteiger charge is -2.00. The van der Waals surface area contributed by atoms with E-state index in [0.717, 1.165) is 6.07 Å². The Morgan fingerprint density at radius 2 is 2.12 bits per heavy atom. The predicted octanol–water partition coefficient (Wildman–Crippen LogP) is 2.76. The summed E-state index contributed by atoms with van der Waals surface area (Å²) in [5.74, 6) is -1.76. The molecule has 0 fully saturated rings. The van der Waals surface area contributed by atoms with Crippen molar-refractivity contribution in [3.63, 3.8) is 0 Å². The maximum Gasteiger partial charge on any atom is 0.420 e. The molecule has 7 heteroatoms. The van der Waals surface area contributed by atoms with E-state index in [4.69, 9.17) is 0 Å². The monoisotopic (exact) mass is 295 g/mol. The Kier molecular flexibility index (Phi) is 2.79. The molecular formula is C9H5BrF3NO2. The molecule has 0 aliphatic carbocycles. The van der Waals surface area contributed by atoms with Gasteiger partial charge in [0.25, 0.3) is 6.43 Å². The van der Waals surface area contributed by atoms with E-state index in [9.17, 15) is 18.0 Å². The molecule has 3 nitrogen and oxygen atoms in total. The number of rotatable bonds is 2. The van der Waals surface area contributed by atoms with Gasteiger partial charge in [0.2, 0.25) is 0 Å². The zero-order valence-corrected chi connectivity index (χ0v) is 9.30. The van der Waals surface area contributed by atoms with Crippen molar-refractivity contribution in [2.75, 3.05) is 0 Å². The Hall–Kier alpha value is -1.24. The van der Waals surface area contributed by atoms with Crippen molar-refractivity contribution in [2.45, 2.75) is 13.0 Å². The lowest BCUT2D eigenvalue weighted by Crippen LogP contribution is -2.18. The van der Waals surface area contributed by atoms with Crippen LogP contribution in [0, 0.1) is 5.82 Å². The number of aromatic nitrogens is 1. The van der Waals surface area contributed by atoms with Crippen LogP contribution in [0.2, 0.25) is 0 Å². The van der Waals surface area contributed by atoms with Crippen LogP contribution >= 0.6 is 15.9 Å². The van der Waals surface area contributed by atoms with Crippen molar-refractivity contribution in [3.05, 3.63) is 33.0 Å². The van der Waals surface area contributed by atoms with E-state index in [1.807, 2.05) is 0 Å². The Morgan fingerprint density at radius 3 is 2.75 bits per heavy atom. The molecule has 0 atom stereocenters. The van der Waals surface area contributed by atoms with Gasteiger partial charge in [0.05, 0.1) is 12.1 Å². The highest BCUT2D eigenvalue weighted by Gasteiger charge is 2.16. The summed E-state index contributed by atoms with van der Waals surface area (Å²) in [6, 6.07) is 2.45. The second-order valence-electron chi connectivity index (χ2n) is 3.11. The summed E-state index contributed by atoms with van der Waals surface area (Å²) in [7, 11) is 0. The van der Waals surface area contributed by atoms with E-state index in [1.165, 1.54) is 6.07 Å². The second kappa shape index (κ2) is 3.97. The first-order valence-corrected chi connectivity index (χ1v) is 5.05. The molecule has 0 spiro atoms. The Balaban J connectivity index is 2.73. The summed E-state index contributed by atoms with van der Waals surface area (Å²) >= 11 is 3.01. The van der Waals surface area contributed by atoms with E-state index in [-0.39, 0.29) is 11.1 Å². The maximum atomic E-state index is 13.3. The molecule has 0 unspecified atom stereocenters. The molecule has 1 aromatic heterocycles. The summed E-state index contributed by atoms with van der Waals surface area (Å²) in [6.07, 6.45) is -2.71. The lowest BCUT2D eigenvalue weighted by atomic mass is 10.3. The molecule has 0 bridgehead atoms. The highest BCUT2D eigenvalue weighted by atomic mass is 79.9. The largest absolute Gasteiger partial charge is 0.420 e. The molecule has 1 aromatic carbocycles. The van der Waals surface area contributed by atoms with Crippen LogP contribution in [0.15, 0.2) is 25.8 Å². The first-order chi connectivity index (χ1) is 7.49. The molecular weight excluding hydrogens is 291 g/mol. The third kappa shape index (κ3) is 1.87. The molecule has 2 rings (SSSR count). The van der Waals surface area contributed by atoms with Crippen molar-refractivity contribution >= 4 is 27.0 Å². The van der Waals surface area contributed by atoms with Gasteiger partial charge in [-0.2, -0.15) is 0 Å². The van der Waals surface area contributed by atoms with Crippen LogP contribution < -0.4 is 5.76 Å². The Morgan fingerprint density at radius 1 is 1.44 bits per heavy atom. The Bertz CT molecular complexity index is 590. The summed E-state index contributed by atoms with van der Waals surface area (Å²) in [6.45, 7) is -0.818. The Labute approximate surface area is 95.6 Å². The van der Waals surface area contributed by atoms with Gasteiger partial charge in [-0.05, 0) is 12.1 Å². The molecule has 2 aromatic rings. The highest BCUT2D eigenvalue weighted by molar-refractivity contribution is 9.10. The van der Waals surface area contributed by atoms with Crippen molar-refractivity contribution in [1.29, 1.82) is 0 Å². The molecule has 0 N–H and O–H groups in total. The fraction of sp³-hybridized carbons (Fsp3) is 0.222. The van der Waals surface area contributed by atoms with Gasteiger partial charge >= 0.3 is 5.76 Å². The van der Waals surface area contributed by atoms with Gasteiger partial charge in [0.15, 0.2) is 11.4 Å². The zero-order valence-electron chi connectivity index (χ0n) is 7.71. The SMILES string of the molecule is O=c1oc2c(F)cc(Br)cc2n1CC(F)F. The summed E-state index contributed by atoms with van der Waals surface area (Å²) in [5, 5.41) is 0. The summed E-state index contributed by atoms with van der Waals surface area (Å²) in [5.41, 5.74) is -0.300. The average molecular weight is 296 g/mol. The molecule has 0 radical (unpaired) electrons. The smallest absolute Gasteiger partial charge is 0.405 e. The van der Waals surface area contributed by atoms with Crippen molar-refractivity contribution in [2.24, 2.45) is 0 Å². The van der Waals surface area contributed by atoms with Gasteiger partial charge in [-0.25, -0.2) is 18.0 Å².